The molecule has 0 saturated heterocycles. The van der Waals surface area contributed by atoms with Crippen LogP contribution in [-0.2, 0) is 4.74 Å². The van der Waals surface area contributed by atoms with Gasteiger partial charge >= 0.3 is 5.97 Å². The van der Waals surface area contributed by atoms with Crippen LogP contribution >= 0.6 is 22.9 Å². The topological polar surface area (TPSA) is 48.4 Å². The van der Waals surface area contributed by atoms with E-state index < -0.39 is 5.97 Å². The first-order valence-corrected chi connectivity index (χ1v) is 6.99. The highest BCUT2D eigenvalue weighted by Gasteiger charge is 2.17. The van der Waals surface area contributed by atoms with Crippen LogP contribution < -0.4 is 4.74 Å². The molecule has 0 saturated carbocycles. The number of ether oxygens (including phenoxy) is 2. The zero-order valence-corrected chi connectivity index (χ0v) is 12.3. The molecule has 4 nitrogen and oxygen atoms in total. The number of thiophene rings is 1. The Balaban J connectivity index is 2.44. The van der Waals surface area contributed by atoms with Crippen molar-refractivity contribution in [3.8, 4) is 5.06 Å². The summed E-state index contributed by atoms with van der Waals surface area (Å²) in [6.07, 6.45) is 0. The molecule has 0 atom stereocenters. The number of esters is 1. The summed E-state index contributed by atoms with van der Waals surface area (Å²) in [5.41, 5.74) is 0.941. The Bertz CT molecular complexity index is 828. The quantitative estimate of drug-likeness (QED) is 0.532. The molecule has 2 aromatic heterocycles. The Morgan fingerprint density at radius 3 is 2.80 bits per heavy atom. The maximum atomic E-state index is 11.8. The van der Waals surface area contributed by atoms with Crippen LogP contribution in [0.3, 0.4) is 0 Å². The van der Waals surface area contributed by atoms with Gasteiger partial charge in [0.25, 0.3) is 0 Å². The Kier molecular flexibility index (Phi) is 3.23. The molecule has 0 amide bonds. The maximum absolute atomic E-state index is 11.8. The summed E-state index contributed by atoms with van der Waals surface area (Å²) in [6.45, 7) is 0. The van der Waals surface area contributed by atoms with Crippen molar-refractivity contribution < 1.29 is 14.3 Å². The van der Waals surface area contributed by atoms with Gasteiger partial charge in [-0.2, -0.15) is 0 Å². The molecule has 6 heteroatoms. The summed E-state index contributed by atoms with van der Waals surface area (Å²) in [4.78, 5) is 16.1. The van der Waals surface area contributed by atoms with E-state index in [1.165, 1.54) is 18.4 Å². The molecule has 0 N–H and O–H groups in total. The van der Waals surface area contributed by atoms with Crippen LogP contribution in [0.5, 0.6) is 5.06 Å². The summed E-state index contributed by atoms with van der Waals surface area (Å²) >= 11 is 7.64. The van der Waals surface area contributed by atoms with Crippen LogP contribution in [0.2, 0.25) is 5.15 Å². The average Bonchev–Trinajstić information content (AvgIpc) is 2.91. The number of carbonyl (C=O) groups excluding carboxylic acids is 1. The number of carbonyl (C=O) groups is 1. The van der Waals surface area contributed by atoms with Gasteiger partial charge in [-0.25, -0.2) is 9.78 Å². The van der Waals surface area contributed by atoms with Gasteiger partial charge in [-0.05, 0) is 6.07 Å². The molecule has 0 aliphatic rings. The lowest BCUT2D eigenvalue weighted by Gasteiger charge is -2.05. The lowest BCUT2D eigenvalue weighted by Crippen LogP contribution is -2.03. The van der Waals surface area contributed by atoms with Gasteiger partial charge in [0.15, 0.2) is 5.06 Å². The molecule has 0 aliphatic carbocycles. The molecule has 20 heavy (non-hydrogen) atoms. The number of benzene rings is 1. The average molecular weight is 308 g/mol. The van der Waals surface area contributed by atoms with Crippen molar-refractivity contribution in [1.29, 1.82) is 0 Å². The van der Waals surface area contributed by atoms with E-state index >= 15 is 0 Å². The van der Waals surface area contributed by atoms with Crippen molar-refractivity contribution >= 4 is 49.9 Å². The van der Waals surface area contributed by atoms with Crippen molar-refractivity contribution in [1.82, 2.24) is 4.98 Å². The highest BCUT2D eigenvalue weighted by atomic mass is 35.5. The van der Waals surface area contributed by atoms with Crippen molar-refractivity contribution in [3.63, 3.8) is 0 Å². The van der Waals surface area contributed by atoms with Crippen LogP contribution in [0, 0.1) is 0 Å². The number of methoxy groups -OCH3 is 2. The molecule has 3 aromatic rings. The summed E-state index contributed by atoms with van der Waals surface area (Å²) in [5.74, 6) is -0.430. The number of hydrogen-bond donors (Lipinski definition) is 0. The highest BCUT2D eigenvalue weighted by molar-refractivity contribution is 7.21. The number of aromatic nitrogens is 1. The van der Waals surface area contributed by atoms with Gasteiger partial charge in [0.2, 0.25) is 0 Å². The zero-order valence-electron chi connectivity index (χ0n) is 10.8. The van der Waals surface area contributed by atoms with Crippen LogP contribution in [0.1, 0.15) is 10.4 Å². The van der Waals surface area contributed by atoms with Crippen molar-refractivity contribution in [2.75, 3.05) is 14.2 Å². The van der Waals surface area contributed by atoms with Crippen LogP contribution in [-0.4, -0.2) is 25.2 Å². The normalized spacial score (nSPS) is 10.9. The monoisotopic (exact) mass is 307 g/mol. The van der Waals surface area contributed by atoms with Gasteiger partial charge in [0.1, 0.15) is 5.15 Å². The van der Waals surface area contributed by atoms with Crippen molar-refractivity contribution in [2.24, 2.45) is 0 Å². The number of rotatable bonds is 2. The number of pyridine rings is 1. The van der Waals surface area contributed by atoms with E-state index in [-0.39, 0.29) is 0 Å². The minimum atomic E-state index is -0.430. The summed E-state index contributed by atoms with van der Waals surface area (Å²) in [6, 6.07) is 7.28. The molecule has 0 fully saturated rings. The first-order chi connectivity index (χ1) is 9.65. The molecular formula is C14H10ClNO3S. The number of hydrogen-bond acceptors (Lipinski definition) is 5. The second kappa shape index (κ2) is 4.92. The molecular weight excluding hydrogens is 298 g/mol. The minimum Gasteiger partial charge on any atom is -0.487 e. The van der Waals surface area contributed by atoms with E-state index in [1.807, 2.05) is 12.1 Å². The first kappa shape index (κ1) is 13.1. The van der Waals surface area contributed by atoms with Gasteiger partial charge in [0.05, 0.1) is 30.0 Å². The van der Waals surface area contributed by atoms with E-state index in [2.05, 4.69) is 4.98 Å². The lowest BCUT2D eigenvalue weighted by atomic mass is 10.1. The second-order valence-electron chi connectivity index (χ2n) is 4.11. The van der Waals surface area contributed by atoms with E-state index in [0.717, 1.165) is 20.5 Å². The third kappa shape index (κ3) is 1.90. The van der Waals surface area contributed by atoms with Crippen molar-refractivity contribution in [3.05, 3.63) is 35.0 Å². The van der Waals surface area contributed by atoms with Crippen LogP contribution in [0.15, 0.2) is 24.3 Å². The van der Waals surface area contributed by atoms with Gasteiger partial charge < -0.3 is 9.47 Å². The predicted molar refractivity (Wildman–Crippen MR) is 80.0 cm³/mol. The van der Waals surface area contributed by atoms with E-state index in [9.17, 15) is 4.79 Å². The van der Waals surface area contributed by atoms with Gasteiger partial charge in [-0.15, -0.1) is 0 Å². The molecule has 0 unspecified atom stereocenters. The predicted octanol–water partition coefficient (Wildman–Crippen LogP) is 3.90. The molecule has 3 rings (SSSR count). The lowest BCUT2D eigenvalue weighted by molar-refractivity contribution is 0.0603. The third-order valence-electron chi connectivity index (χ3n) is 3.04. The fourth-order valence-corrected chi connectivity index (χ4v) is 3.30. The smallest absolute Gasteiger partial charge is 0.340 e. The standard InChI is InChI=1S/C14H10ClNO3S/c1-18-10-6-9-7-4-3-5-8(14(17)19-2)11(7)16-13(15)12(9)20-10/h3-6H,1-2H3. The molecule has 0 bridgehead atoms. The van der Waals surface area contributed by atoms with Gasteiger partial charge in [0, 0.05) is 16.8 Å². The minimum absolute atomic E-state index is 0.358. The Morgan fingerprint density at radius 1 is 1.30 bits per heavy atom. The fourth-order valence-electron chi connectivity index (χ4n) is 2.13. The molecule has 1 aromatic carbocycles. The fraction of sp³-hybridized carbons (Fsp3) is 0.143. The summed E-state index contributed by atoms with van der Waals surface area (Å²) in [5, 5.41) is 2.89. The number of nitrogens with zero attached hydrogens (tertiary/aromatic N) is 1. The Hall–Kier alpha value is -1.85. The number of fused-ring (bicyclic) bond motifs is 3. The number of halogens is 1. The van der Waals surface area contributed by atoms with E-state index in [4.69, 9.17) is 21.1 Å². The Morgan fingerprint density at radius 2 is 2.10 bits per heavy atom. The van der Waals surface area contributed by atoms with E-state index in [0.29, 0.717) is 16.2 Å². The molecule has 0 radical (unpaired) electrons. The SMILES string of the molecule is COC(=O)c1cccc2c1nc(Cl)c1sc(OC)cc12. The third-order valence-corrected chi connectivity index (χ3v) is 4.53. The first-order valence-electron chi connectivity index (χ1n) is 5.79. The highest BCUT2D eigenvalue weighted by Crippen LogP contribution is 2.39. The van der Waals surface area contributed by atoms with Crippen LogP contribution in [0.25, 0.3) is 21.0 Å². The van der Waals surface area contributed by atoms with E-state index in [1.54, 1.807) is 19.2 Å². The summed E-state index contributed by atoms with van der Waals surface area (Å²) in [7, 11) is 2.95. The molecule has 102 valence electrons. The molecule has 2 heterocycles. The van der Waals surface area contributed by atoms with Crippen molar-refractivity contribution in [2.45, 2.75) is 0 Å². The molecule has 0 aliphatic heterocycles. The second-order valence-corrected chi connectivity index (χ2v) is 5.48. The van der Waals surface area contributed by atoms with Gasteiger partial charge in [-0.1, -0.05) is 35.1 Å². The zero-order chi connectivity index (χ0) is 14.3. The number of para-hydroxylation sites is 1. The molecule has 0 spiro atoms. The van der Waals surface area contributed by atoms with Crippen LogP contribution in [0.4, 0.5) is 0 Å². The summed E-state index contributed by atoms with van der Waals surface area (Å²) < 4.78 is 10.9. The van der Waals surface area contributed by atoms with Gasteiger partial charge in [-0.3, -0.25) is 0 Å². The Labute approximate surface area is 123 Å². The maximum Gasteiger partial charge on any atom is 0.340 e. The largest absolute Gasteiger partial charge is 0.487 e.